The third-order valence-electron chi connectivity index (χ3n) is 3.20. The lowest BCUT2D eigenvalue weighted by atomic mass is 10.1. The third-order valence-corrected chi connectivity index (χ3v) is 4.08. The van der Waals surface area contributed by atoms with Crippen molar-refractivity contribution in [3.63, 3.8) is 0 Å². The predicted molar refractivity (Wildman–Crippen MR) is 92.9 cm³/mol. The highest BCUT2D eigenvalue weighted by molar-refractivity contribution is 6.35. The van der Waals surface area contributed by atoms with E-state index >= 15 is 0 Å². The summed E-state index contributed by atoms with van der Waals surface area (Å²) in [4.78, 5) is 11.9. The Kier molecular flexibility index (Phi) is 6.25. The SMILES string of the molecule is C[C@@H](NCC(=O)Nc1ccc(F)cc1Cl)c1ccc(Cl)cc1Cl. The largest absolute Gasteiger partial charge is 0.324 e. The van der Waals surface area contributed by atoms with Crippen molar-refractivity contribution in [3.05, 3.63) is 62.8 Å². The molecule has 0 aliphatic carbocycles. The minimum absolute atomic E-state index is 0.0494. The second-order valence-corrected chi connectivity index (χ2v) is 6.19. The Balaban J connectivity index is 1.93. The molecule has 2 N–H and O–H groups in total. The van der Waals surface area contributed by atoms with Crippen molar-refractivity contribution >= 4 is 46.4 Å². The fraction of sp³-hybridized carbons (Fsp3) is 0.188. The molecular weight excluding hydrogens is 362 g/mol. The van der Waals surface area contributed by atoms with Gasteiger partial charge in [0.25, 0.3) is 0 Å². The van der Waals surface area contributed by atoms with Gasteiger partial charge in [0.15, 0.2) is 0 Å². The molecule has 0 saturated heterocycles. The van der Waals surface area contributed by atoms with Crippen LogP contribution in [0.5, 0.6) is 0 Å². The summed E-state index contributed by atoms with van der Waals surface area (Å²) in [6.07, 6.45) is 0. The van der Waals surface area contributed by atoms with Crippen molar-refractivity contribution in [1.82, 2.24) is 5.32 Å². The Bertz CT molecular complexity index is 724. The van der Waals surface area contributed by atoms with E-state index < -0.39 is 5.82 Å². The molecule has 0 saturated carbocycles. The van der Waals surface area contributed by atoms with Gasteiger partial charge in [0.05, 0.1) is 17.3 Å². The normalized spacial score (nSPS) is 12.0. The van der Waals surface area contributed by atoms with Crippen molar-refractivity contribution in [2.24, 2.45) is 0 Å². The van der Waals surface area contributed by atoms with Crippen LogP contribution in [-0.4, -0.2) is 12.5 Å². The number of carbonyl (C=O) groups is 1. The van der Waals surface area contributed by atoms with Crippen LogP contribution in [0.1, 0.15) is 18.5 Å². The number of amides is 1. The molecule has 0 bridgehead atoms. The summed E-state index contributed by atoms with van der Waals surface area (Å²) in [5.41, 5.74) is 1.20. The minimum Gasteiger partial charge on any atom is -0.324 e. The third kappa shape index (κ3) is 5.08. The zero-order valence-electron chi connectivity index (χ0n) is 12.2. The molecule has 2 rings (SSSR count). The summed E-state index contributed by atoms with van der Waals surface area (Å²) >= 11 is 17.8. The van der Waals surface area contributed by atoms with Crippen LogP contribution >= 0.6 is 34.8 Å². The molecule has 0 spiro atoms. The maximum absolute atomic E-state index is 13.0. The second-order valence-electron chi connectivity index (χ2n) is 4.94. The van der Waals surface area contributed by atoms with Crippen LogP contribution in [0.2, 0.25) is 15.1 Å². The van der Waals surface area contributed by atoms with Gasteiger partial charge in [-0.3, -0.25) is 4.79 Å². The van der Waals surface area contributed by atoms with Crippen molar-refractivity contribution in [2.75, 3.05) is 11.9 Å². The smallest absolute Gasteiger partial charge is 0.238 e. The predicted octanol–water partition coefficient (Wildman–Crippen LogP) is 5.08. The Hall–Kier alpha value is -1.33. The van der Waals surface area contributed by atoms with Crippen molar-refractivity contribution < 1.29 is 9.18 Å². The highest BCUT2D eigenvalue weighted by Gasteiger charge is 2.12. The zero-order valence-corrected chi connectivity index (χ0v) is 14.4. The van der Waals surface area contributed by atoms with Crippen LogP contribution in [0, 0.1) is 5.82 Å². The first kappa shape index (κ1) is 18.0. The number of benzene rings is 2. The van der Waals surface area contributed by atoms with Gasteiger partial charge in [0.1, 0.15) is 5.82 Å². The number of anilines is 1. The topological polar surface area (TPSA) is 41.1 Å². The maximum Gasteiger partial charge on any atom is 0.238 e. The molecule has 0 aliphatic rings. The van der Waals surface area contributed by atoms with Crippen LogP contribution in [0.4, 0.5) is 10.1 Å². The Morgan fingerprint density at radius 3 is 2.52 bits per heavy atom. The van der Waals surface area contributed by atoms with Crippen LogP contribution in [0.25, 0.3) is 0 Å². The van der Waals surface area contributed by atoms with E-state index in [2.05, 4.69) is 10.6 Å². The molecule has 0 radical (unpaired) electrons. The van der Waals surface area contributed by atoms with Gasteiger partial charge < -0.3 is 10.6 Å². The lowest BCUT2D eigenvalue weighted by Gasteiger charge is -2.16. The summed E-state index contributed by atoms with van der Waals surface area (Å²) in [5.74, 6) is -0.757. The minimum atomic E-state index is -0.461. The molecule has 0 fully saturated rings. The summed E-state index contributed by atoms with van der Waals surface area (Å²) in [5, 5.41) is 6.89. The highest BCUT2D eigenvalue weighted by atomic mass is 35.5. The second kappa shape index (κ2) is 7.97. The van der Waals surface area contributed by atoms with Crippen LogP contribution in [-0.2, 0) is 4.79 Å². The van der Waals surface area contributed by atoms with Crippen molar-refractivity contribution in [2.45, 2.75) is 13.0 Å². The van der Waals surface area contributed by atoms with Gasteiger partial charge in [-0.1, -0.05) is 40.9 Å². The Labute approximate surface area is 148 Å². The van der Waals surface area contributed by atoms with Gasteiger partial charge in [-0.05, 0) is 42.8 Å². The lowest BCUT2D eigenvalue weighted by Crippen LogP contribution is -2.30. The molecule has 0 aromatic heterocycles. The van der Waals surface area contributed by atoms with Crippen LogP contribution in [0.15, 0.2) is 36.4 Å². The zero-order chi connectivity index (χ0) is 17.0. The van der Waals surface area contributed by atoms with E-state index in [-0.39, 0.29) is 23.5 Å². The first-order chi connectivity index (χ1) is 10.9. The number of rotatable bonds is 5. The number of nitrogens with one attached hydrogen (secondary N) is 2. The monoisotopic (exact) mass is 374 g/mol. The average molecular weight is 376 g/mol. The molecule has 0 heterocycles. The molecular formula is C16H14Cl3FN2O. The average Bonchev–Trinajstić information content (AvgIpc) is 2.48. The van der Waals surface area contributed by atoms with E-state index in [0.29, 0.717) is 15.7 Å². The van der Waals surface area contributed by atoms with Gasteiger partial charge in [-0.25, -0.2) is 4.39 Å². The number of hydrogen-bond acceptors (Lipinski definition) is 2. The quantitative estimate of drug-likeness (QED) is 0.765. The van der Waals surface area contributed by atoms with Gasteiger partial charge in [-0.2, -0.15) is 0 Å². The standard InChI is InChI=1S/C16H14Cl3FN2O/c1-9(12-4-2-10(17)6-13(12)18)21-8-16(23)22-15-5-3-11(20)7-14(15)19/h2-7,9,21H,8H2,1H3,(H,22,23)/t9-/m1/s1. The molecule has 7 heteroatoms. The number of carbonyl (C=O) groups excluding carboxylic acids is 1. The van der Waals surface area contributed by atoms with E-state index in [1.54, 1.807) is 18.2 Å². The molecule has 23 heavy (non-hydrogen) atoms. The molecule has 122 valence electrons. The summed E-state index contributed by atoms with van der Waals surface area (Å²) < 4.78 is 13.0. The van der Waals surface area contributed by atoms with Gasteiger partial charge >= 0.3 is 0 Å². The fourth-order valence-electron chi connectivity index (χ4n) is 1.99. The molecule has 1 atom stereocenters. The number of hydrogen-bond donors (Lipinski definition) is 2. The Morgan fingerprint density at radius 2 is 1.87 bits per heavy atom. The molecule has 2 aromatic carbocycles. The van der Waals surface area contributed by atoms with Crippen LogP contribution in [0.3, 0.4) is 0 Å². The van der Waals surface area contributed by atoms with Gasteiger partial charge in [-0.15, -0.1) is 0 Å². The molecule has 3 nitrogen and oxygen atoms in total. The first-order valence-corrected chi connectivity index (χ1v) is 7.93. The first-order valence-electron chi connectivity index (χ1n) is 6.80. The summed E-state index contributed by atoms with van der Waals surface area (Å²) in [6.45, 7) is 1.93. The molecule has 0 unspecified atom stereocenters. The summed E-state index contributed by atoms with van der Waals surface area (Å²) in [7, 11) is 0. The van der Waals surface area contributed by atoms with Crippen molar-refractivity contribution in [3.8, 4) is 0 Å². The van der Waals surface area contributed by atoms with E-state index in [9.17, 15) is 9.18 Å². The lowest BCUT2D eigenvalue weighted by molar-refractivity contribution is -0.115. The maximum atomic E-state index is 13.0. The van der Waals surface area contributed by atoms with E-state index in [4.69, 9.17) is 34.8 Å². The van der Waals surface area contributed by atoms with E-state index in [1.807, 2.05) is 6.92 Å². The van der Waals surface area contributed by atoms with Gasteiger partial charge in [0, 0.05) is 16.1 Å². The molecule has 2 aromatic rings. The Morgan fingerprint density at radius 1 is 1.13 bits per heavy atom. The van der Waals surface area contributed by atoms with Crippen molar-refractivity contribution in [1.29, 1.82) is 0 Å². The van der Waals surface area contributed by atoms with Gasteiger partial charge in [0.2, 0.25) is 5.91 Å². The van der Waals surface area contributed by atoms with Crippen LogP contribution < -0.4 is 10.6 Å². The number of halogens is 4. The van der Waals surface area contributed by atoms with E-state index in [1.165, 1.54) is 12.1 Å². The molecule has 1 amide bonds. The summed E-state index contributed by atoms with van der Waals surface area (Å²) in [6, 6.07) is 8.82. The fourth-order valence-corrected chi connectivity index (χ4v) is 2.78. The molecule has 0 aliphatic heterocycles. The highest BCUT2D eigenvalue weighted by Crippen LogP contribution is 2.26. The van der Waals surface area contributed by atoms with E-state index in [0.717, 1.165) is 11.6 Å².